The Labute approximate surface area is 100 Å². The summed E-state index contributed by atoms with van der Waals surface area (Å²) in [5, 5.41) is 10.1. The van der Waals surface area contributed by atoms with Gasteiger partial charge in [0.15, 0.2) is 11.6 Å². The van der Waals surface area contributed by atoms with Gasteiger partial charge < -0.3 is 10.8 Å². The SMILES string of the molecule is Cc1ccc(C(O)C(CN)C(C)C)c(F)c1F. The molecule has 0 saturated heterocycles. The second-order valence-electron chi connectivity index (χ2n) is 4.69. The highest BCUT2D eigenvalue weighted by molar-refractivity contribution is 5.27. The fourth-order valence-electron chi connectivity index (χ4n) is 1.89. The predicted molar refractivity (Wildman–Crippen MR) is 63.4 cm³/mol. The number of rotatable bonds is 4. The van der Waals surface area contributed by atoms with Crippen molar-refractivity contribution in [3.05, 3.63) is 34.9 Å². The molecule has 0 spiro atoms. The molecule has 0 saturated carbocycles. The number of aryl methyl sites for hydroxylation is 1. The van der Waals surface area contributed by atoms with Crippen LogP contribution in [0.3, 0.4) is 0 Å². The third-order valence-corrected chi connectivity index (χ3v) is 3.16. The second-order valence-corrected chi connectivity index (χ2v) is 4.69. The van der Waals surface area contributed by atoms with E-state index in [1.165, 1.54) is 19.1 Å². The zero-order valence-electron chi connectivity index (χ0n) is 10.4. The van der Waals surface area contributed by atoms with Crippen molar-refractivity contribution in [3.63, 3.8) is 0 Å². The Morgan fingerprint density at radius 2 is 1.82 bits per heavy atom. The molecular formula is C13H19F2NO. The highest BCUT2D eigenvalue weighted by atomic mass is 19.2. The zero-order chi connectivity index (χ0) is 13.2. The summed E-state index contributed by atoms with van der Waals surface area (Å²) in [7, 11) is 0. The molecule has 2 nitrogen and oxygen atoms in total. The molecule has 17 heavy (non-hydrogen) atoms. The van der Waals surface area contributed by atoms with E-state index in [1.54, 1.807) is 0 Å². The Kier molecular flexibility index (Phi) is 4.60. The Morgan fingerprint density at radius 3 is 2.29 bits per heavy atom. The first-order chi connectivity index (χ1) is 7.90. The van der Waals surface area contributed by atoms with Crippen LogP contribution in [0.4, 0.5) is 8.78 Å². The molecule has 0 heterocycles. The minimum absolute atomic E-state index is 0.0164. The van der Waals surface area contributed by atoms with Crippen molar-refractivity contribution in [3.8, 4) is 0 Å². The highest BCUT2D eigenvalue weighted by Gasteiger charge is 2.26. The molecule has 0 bridgehead atoms. The standard InChI is InChI=1S/C13H19F2NO/c1-7(2)10(6-16)13(17)9-5-4-8(3)11(14)12(9)15/h4-5,7,10,13,17H,6,16H2,1-3H3. The first-order valence-electron chi connectivity index (χ1n) is 5.72. The van der Waals surface area contributed by atoms with E-state index in [1.807, 2.05) is 13.8 Å². The summed E-state index contributed by atoms with van der Waals surface area (Å²) in [6.07, 6.45) is -1.07. The monoisotopic (exact) mass is 243 g/mol. The first kappa shape index (κ1) is 14.1. The third kappa shape index (κ3) is 2.82. The van der Waals surface area contributed by atoms with E-state index in [-0.39, 0.29) is 29.5 Å². The van der Waals surface area contributed by atoms with E-state index < -0.39 is 17.7 Å². The number of aliphatic hydroxyl groups is 1. The molecule has 1 aromatic carbocycles. The lowest BCUT2D eigenvalue weighted by Crippen LogP contribution is -2.27. The van der Waals surface area contributed by atoms with Gasteiger partial charge >= 0.3 is 0 Å². The maximum Gasteiger partial charge on any atom is 0.164 e. The molecule has 0 radical (unpaired) electrons. The van der Waals surface area contributed by atoms with Crippen molar-refractivity contribution in [2.75, 3.05) is 6.54 Å². The average molecular weight is 243 g/mol. The first-order valence-corrected chi connectivity index (χ1v) is 5.72. The summed E-state index contributed by atoms with van der Waals surface area (Å²) in [6.45, 7) is 5.50. The van der Waals surface area contributed by atoms with Gasteiger partial charge in [-0.05, 0) is 24.9 Å². The normalized spacial score (nSPS) is 15.1. The van der Waals surface area contributed by atoms with Gasteiger partial charge in [-0.25, -0.2) is 8.78 Å². The molecule has 1 rings (SSSR count). The lowest BCUT2D eigenvalue weighted by atomic mass is 9.86. The van der Waals surface area contributed by atoms with Gasteiger partial charge in [-0.15, -0.1) is 0 Å². The second kappa shape index (κ2) is 5.56. The van der Waals surface area contributed by atoms with E-state index >= 15 is 0 Å². The van der Waals surface area contributed by atoms with E-state index in [4.69, 9.17) is 5.73 Å². The fraction of sp³-hybridized carbons (Fsp3) is 0.538. The number of nitrogens with two attached hydrogens (primary N) is 1. The third-order valence-electron chi connectivity index (χ3n) is 3.16. The average Bonchev–Trinajstić information content (AvgIpc) is 2.26. The molecule has 2 atom stereocenters. The smallest absolute Gasteiger partial charge is 0.164 e. The Bertz CT molecular complexity index is 393. The molecule has 4 heteroatoms. The summed E-state index contributed by atoms with van der Waals surface area (Å²) in [5.41, 5.74) is 5.77. The van der Waals surface area contributed by atoms with Crippen LogP contribution in [0.2, 0.25) is 0 Å². The van der Waals surface area contributed by atoms with E-state index in [0.717, 1.165) is 0 Å². The van der Waals surface area contributed by atoms with Gasteiger partial charge in [0.05, 0.1) is 6.10 Å². The Balaban J connectivity index is 3.12. The van der Waals surface area contributed by atoms with E-state index in [9.17, 15) is 13.9 Å². The molecule has 2 unspecified atom stereocenters. The van der Waals surface area contributed by atoms with Gasteiger partial charge in [0.2, 0.25) is 0 Å². The van der Waals surface area contributed by atoms with Crippen LogP contribution in [0.25, 0.3) is 0 Å². The molecular weight excluding hydrogens is 224 g/mol. The fourth-order valence-corrected chi connectivity index (χ4v) is 1.89. The van der Waals surface area contributed by atoms with E-state index in [2.05, 4.69) is 0 Å². The quantitative estimate of drug-likeness (QED) is 0.853. The summed E-state index contributed by atoms with van der Waals surface area (Å²) >= 11 is 0. The minimum atomic E-state index is -1.07. The molecule has 0 amide bonds. The zero-order valence-corrected chi connectivity index (χ0v) is 10.4. The van der Waals surface area contributed by atoms with Gasteiger partial charge in [0, 0.05) is 11.5 Å². The van der Waals surface area contributed by atoms with Crippen molar-refractivity contribution < 1.29 is 13.9 Å². The number of hydrogen-bond donors (Lipinski definition) is 2. The number of hydrogen-bond acceptors (Lipinski definition) is 2. The van der Waals surface area contributed by atoms with Crippen molar-refractivity contribution in [2.24, 2.45) is 17.6 Å². The molecule has 0 aliphatic heterocycles. The van der Waals surface area contributed by atoms with Crippen LogP contribution in [0.5, 0.6) is 0 Å². The minimum Gasteiger partial charge on any atom is -0.388 e. The van der Waals surface area contributed by atoms with Gasteiger partial charge in [-0.1, -0.05) is 26.0 Å². The molecule has 0 fully saturated rings. The molecule has 0 aliphatic carbocycles. The van der Waals surface area contributed by atoms with Gasteiger partial charge in [0.25, 0.3) is 0 Å². The van der Waals surface area contributed by atoms with Crippen molar-refractivity contribution in [1.82, 2.24) is 0 Å². The van der Waals surface area contributed by atoms with Crippen LogP contribution >= 0.6 is 0 Å². The molecule has 0 aliphatic rings. The highest BCUT2D eigenvalue weighted by Crippen LogP contribution is 2.30. The number of halogens is 2. The van der Waals surface area contributed by atoms with Crippen LogP contribution in [-0.4, -0.2) is 11.7 Å². The number of benzene rings is 1. The van der Waals surface area contributed by atoms with Gasteiger partial charge in [-0.3, -0.25) is 0 Å². The Hall–Kier alpha value is -1.00. The summed E-state index contributed by atoms with van der Waals surface area (Å²) in [6, 6.07) is 2.88. The van der Waals surface area contributed by atoms with Crippen LogP contribution in [0, 0.1) is 30.4 Å². The summed E-state index contributed by atoms with van der Waals surface area (Å²) < 4.78 is 27.1. The largest absolute Gasteiger partial charge is 0.388 e. The lowest BCUT2D eigenvalue weighted by Gasteiger charge is -2.25. The van der Waals surface area contributed by atoms with Gasteiger partial charge in [0.1, 0.15) is 0 Å². The van der Waals surface area contributed by atoms with Crippen molar-refractivity contribution in [1.29, 1.82) is 0 Å². The van der Waals surface area contributed by atoms with Crippen LogP contribution in [0.15, 0.2) is 12.1 Å². The van der Waals surface area contributed by atoms with Crippen LogP contribution in [0.1, 0.15) is 31.1 Å². The van der Waals surface area contributed by atoms with Crippen LogP contribution in [-0.2, 0) is 0 Å². The lowest BCUT2D eigenvalue weighted by molar-refractivity contribution is 0.0821. The Morgan fingerprint density at radius 1 is 1.24 bits per heavy atom. The maximum absolute atomic E-state index is 13.7. The maximum atomic E-state index is 13.7. The summed E-state index contributed by atoms with van der Waals surface area (Å²) in [5.74, 6) is -2.07. The molecule has 0 aromatic heterocycles. The molecule has 96 valence electrons. The predicted octanol–water partition coefficient (Wildman–Crippen LogP) is 2.54. The van der Waals surface area contributed by atoms with Crippen LogP contribution < -0.4 is 5.73 Å². The van der Waals surface area contributed by atoms with Crippen molar-refractivity contribution >= 4 is 0 Å². The van der Waals surface area contributed by atoms with Crippen molar-refractivity contribution in [2.45, 2.75) is 26.9 Å². The topological polar surface area (TPSA) is 46.2 Å². The molecule has 3 N–H and O–H groups in total. The van der Waals surface area contributed by atoms with Gasteiger partial charge in [-0.2, -0.15) is 0 Å². The number of aliphatic hydroxyl groups excluding tert-OH is 1. The summed E-state index contributed by atoms with van der Waals surface area (Å²) in [4.78, 5) is 0. The molecule has 1 aromatic rings. The van der Waals surface area contributed by atoms with E-state index in [0.29, 0.717) is 0 Å².